The largest absolute Gasteiger partial charge is 0.315 e. The van der Waals surface area contributed by atoms with Crippen LogP contribution in [-0.2, 0) is 15.5 Å². The van der Waals surface area contributed by atoms with E-state index in [0.29, 0.717) is 0 Å². The highest BCUT2D eigenvalue weighted by Crippen LogP contribution is 2.29. The molecule has 0 radical (unpaired) electrons. The van der Waals surface area contributed by atoms with Crippen LogP contribution >= 0.6 is 10.7 Å². The molecule has 0 unspecified atom stereocenters. The Kier molecular flexibility index (Phi) is 2.31. The summed E-state index contributed by atoms with van der Waals surface area (Å²) in [6.45, 7) is 1.98. The van der Waals surface area contributed by atoms with Crippen molar-refractivity contribution in [3.05, 3.63) is 12.0 Å². The first-order valence-electron chi connectivity index (χ1n) is 4.51. The number of hydrogen-bond acceptors (Lipinski definition) is 3. The summed E-state index contributed by atoms with van der Waals surface area (Å²) in [4.78, 5) is 4.07. The van der Waals surface area contributed by atoms with Gasteiger partial charge in [-0.25, -0.2) is 13.4 Å². The molecule has 0 saturated heterocycles. The van der Waals surface area contributed by atoms with E-state index in [2.05, 4.69) is 4.98 Å². The quantitative estimate of drug-likeness (QED) is 0.695. The number of nitrogens with zero attached hydrogens (tertiary/aromatic N) is 2. The second-order valence-electron chi connectivity index (χ2n) is 3.56. The van der Waals surface area contributed by atoms with E-state index in [1.807, 2.05) is 6.92 Å². The maximum atomic E-state index is 11.2. The van der Waals surface area contributed by atoms with E-state index in [0.717, 1.165) is 25.1 Å². The predicted octanol–water partition coefficient (Wildman–Crippen LogP) is 1.71. The minimum atomic E-state index is -3.66. The molecule has 1 aromatic heterocycles. The first kappa shape index (κ1) is 9.98. The molecule has 0 saturated carbocycles. The number of imidazole rings is 1. The second kappa shape index (κ2) is 3.24. The molecule has 1 atom stereocenters. The lowest BCUT2D eigenvalue weighted by atomic mass is 10.1. The summed E-state index contributed by atoms with van der Waals surface area (Å²) in [6, 6.07) is 0.171. The summed E-state index contributed by atoms with van der Waals surface area (Å²) >= 11 is 0. The van der Waals surface area contributed by atoms with Crippen molar-refractivity contribution >= 4 is 19.7 Å². The van der Waals surface area contributed by atoms with Gasteiger partial charge in [-0.1, -0.05) is 0 Å². The Morgan fingerprint density at radius 2 is 2.36 bits per heavy atom. The first-order valence-corrected chi connectivity index (χ1v) is 6.82. The van der Waals surface area contributed by atoms with E-state index in [-0.39, 0.29) is 11.1 Å². The van der Waals surface area contributed by atoms with Gasteiger partial charge in [-0.2, -0.15) is 0 Å². The minimum absolute atomic E-state index is 0.126. The normalized spacial score (nSPS) is 22.0. The van der Waals surface area contributed by atoms with Crippen molar-refractivity contribution in [1.29, 1.82) is 0 Å². The molecule has 4 nitrogen and oxygen atoms in total. The molecule has 0 bridgehead atoms. The Labute approximate surface area is 87.3 Å². The molecule has 14 heavy (non-hydrogen) atoms. The van der Waals surface area contributed by atoms with Crippen LogP contribution in [0.1, 0.15) is 31.6 Å². The predicted molar refractivity (Wildman–Crippen MR) is 52.9 cm³/mol. The van der Waals surface area contributed by atoms with Crippen LogP contribution in [0.5, 0.6) is 0 Å². The smallest absolute Gasteiger partial charge is 0.278 e. The van der Waals surface area contributed by atoms with Gasteiger partial charge in [0.15, 0.2) is 5.03 Å². The van der Waals surface area contributed by atoms with Gasteiger partial charge in [0.05, 0.1) is 6.20 Å². The van der Waals surface area contributed by atoms with Gasteiger partial charge < -0.3 is 4.57 Å². The average Bonchev–Trinajstić information content (AvgIpc) is 2.47. The fraction of sp³-hybridized carbons (Fsp3) is 0.625. The molecule has 0 aromatic carbocycles. The number of fused-ring (bicyclic) bond motifs is 1. The van der Waals surface area contributed by atoms with Crippen molar-refractivity contribution in [3.63, 3.8) is 0 Å². The zero-order chi connectivity index (χ0) is 10.3. The van der Waals surface area contributed by atoms with Crippen molar-refractivity contribution in [2.45, 2.75) is 37.3 Å². The van der Waals surface area contributed by atoms with Crippen molar-refractivity contribution in [2.75, 3.05) is 0 Å². The molecule has 0 fully saturated rings. The van der Waals surface area contributed by atoms with Crippen LogP contribution in [0.25, 0.3) is 0 Å². The lowest BCUT2D eigenvalue weighted by molar-refractivity contribution is 0.400. The molecule has 0 N–H and O–H groups in total. The SMILES string of the molecule is C[C@@H]1CCCc2ncc(S(=O)(=O)Cl)n21. The summed E-state index contributed by atoms with van der Waals surface area (Å²) in [5.74, 6) is 0.822. The topological polar surface area (TPSA) is 52.0 Å². The average molecular weight is 235 g/mol. The van der Waals surface area contributed by atoms with Crippen molar-refractivity contribution in [3.8, 4) is 0 Å². The number of aromatic nitrogens is 2. The van der Waals surface area contributed by atoms with Gasteiger partial charge in [0, 0.05) is 23.1 Å². The van der Waals surface area contributed by atoms with E-state index in [1.165, 1.54) is 6.20 Å². The van der Waals surface area contributed by atoms with Crippen LogP contribution in [0.3, 0.4) is 0 Å². The molecule has 0 aliphatic carbocycles. The molecule has 2 rings (SSSR count). The van der Waals surface area contributed by atoms with Crippen LogP contribution in [0, 0.1) is 0 Å². The first-order chi connectivity index (χ1) is 6.50. The summed E-state index contributed by atoms with van der Waals surface area (Å²) < 4.78 is 24.2. The van der Waals surface area contributed by atoms with Gasteiger partial charge in [-0.3, -0.25) is 0 Å². The van der Waals surface area contributed by atoms with Crippen molar-refractivity contribution in [2.24, 2.45) is 0 Å². The van der Waals surface area contributed by atoms with Crippen LogP contribution in [0.15, 0.2) is 11.2 Å². The number of hydrogen-bond donors (Lipinski definition) is 0. The molecule has 0 amide bonds. The lowest BCUT2D eigenvalue weighted by Gasteiger charge is -2.22. The zero-order valence-electron chi connectivity index (χ0n) is 7.77. The third kappa shape index (κ3) is 1.54. The highest BCUT2D eigenvalue weighted by Gasteiger charge is 2.25. The van der Waals surface area contributed by atoms with E-state index in [4.69, 9.17) is 10.7 Å². The lowest BCUT2D eigenvalue weighted by Crippen LogP contribution is -2.18. The molecule has 1 aliphatic rings. The summed E-state index contributed by atoms with van der Waals surface area (Å²) in [7, 11) is 1.65. The highest BCUT2D eigenvalue weighted by atomic mass is 35.7. The van der Waals surface area contributed by atoms with Gasteiger partial charge in [0.1, 0.15) is 5.82 Å². The van der Waals surface area contributed by atoms with E-state index >= 15 is 0 Å². The van der Waals surface area contributed by atoms with Crippen LogP contribution in [0.4, 0.5) is 0 Å². The Hall–Kier alpha value is -0.550. The zero-order valence-corrected chi connectivity index (χ0v) is 9.35. The summed E-state index contributed by atoms with van der Waals surface area (Å²) in [5, 5.41) is 0.126. The summed E-state index contributed by atoms with van der Waals surface area (Å²) in [5.41, 5.74) is 0. The molecule has 0 spiro atoms. The van der Waals surface area contributed by atoms with Gasteiger partial charge in [0.2, 0.25) is 0 Å². The van der Waals surface area contributed by atoms with Crippen LogP contribution in [0.2, 0.25) is 0 Å². The molecule has 1 aliphatic heterocycles. The Bertz CT molecular complexity index is 452. The van der Waals surface area contributed by atoms with Gasteiger partial charge in [-0.15, -0.1) is 0 Å². The third-order valence-electron chi connectivity index (χ3n) is 2.55. The van der Waals surface area contributed by atoms with E-state index in [1.54, 1.807) is 4.57 Å². The fourth-order valence-electron chi connectivity index (χ4n) is 1.90. The van der Waals surface area contributed by atoms with Crippen LogP contribution < -0.4 is 0 Å². The van der Waals surface area contributed by atoms with Gasteiger partial charge >= 0.3 is 0 Å². The van der Waals surface area contributed by atoms with E-state index in [9.17, 15) is 8.42 Å². The number of halogens is 1. The molecule has 6 heteroatoms. The van der Waals surface area contributed by atoms with Crippen molar-refractivity contribution < 1.29 is 8.42 Å². The second-order valence-corrected chi connectivity index (χ2v) is 6.07. The molecule has 2 heterocycles. The van der Waals surface area contributed by atoms with Crippen LogP contribution in [-0.4, -0.2) is 18.0 Å². The molecular formula is C8H11ClN2O2S. The molecule has 1 aromatic rings. The highest BCUT2D eigenvalue weighted by molar-refractivity contribution is 8.13. The van der Waals surface area contributed by atoms with E-state index < -0.39 is 9.05 Å². The fourth-order valence-corrected chi connectivity index (χ4v) is 2.94. The maximum absolute atomic E-state index is 11.2. The molecular weight excluding hydrogens is 224 g/mol. The summed E-state index contributed by atoms with van der Waals surface area (Å²) in [6.07, 6.45) is 4.21. The van der Waals surface area contributed by atoms with Crippen molar-refractivity contribution in [1.82, 2.24) is 9.55 Å². The Morgan fingerprint density at radius 3 is 3.00 bits per heavy atom. The Morgan fingerprint density at radius 1 is 1.64 bits per heavy atom. The standard InChI is InChI=1S/C8H11ClN2O2S/c1-6-3-2-4-7-10-5-8(11(6)7)14(9,12)13/h5-6H,2-4H2,1H3/t6-/m1/s1. The monoisotopic (exact) mass is 234 g/mol. The number of aryl methyl sites for hydroxylation is 1. The number of rotatable bonds is 1. The van der Waals surface area contributed by atoms with Gasteiger partial charge in [0.25, 0.3) is 9.05 Å². The minimum Gasteiger partial charge on any atom is -0.315 e. The maximum Gasteiger partial charge on any atom is 0.278 e. The molecule has 78 valence electrons. The van der Waals surface area contributed by atoms with Gasteiger partial charge in [-0.05, 0) is 19.8 Å². The third-order valence-corrected chi connectivity index (χ3v) is 3.83. The Balaban J connectivity index is 2.60.